The van der Waals surface area contributed by atoms with E-state index in [9.17, 15) is 9.59 Å². The molecule has 10 nitrogen and oxygen atoms in total. The summed E-state index contributed by atoms with van der Waals surface area (Å²) in [6, 6.07) is 10.6. The van der Waals surface area contributed by atoms with Gasteiger partial charge in [0.15, 0.2) is 0 Å². The molecule has 1 atom stereocenters. The lowest BCUT2D eigenvalue weighted by Crippen LogP contribution is -2.45. The molecule has 0 aliphatic carbocycles. The predicted molar refractivity (Wildman–Crippen MR) is 134 cm³/mol. The van der Waals surface area contributed by atoms with Crippen LogP contribution in [-0.4, -0.2) is 62.4 Å². The number of aryl methyl sites for hydroxylation is 2. The molecule has 2 N–H and O–H groups in total. The van der Waals surface area contributed by atoms with Crippen LogP contribution in [0.15, 0.2) is 48.8 Å². The summed E-state index contributed by atoms with van der Waals surface area (Å²) in [5, 5.41) is 14.3. The molecule has 2 bridgehead atoms. The van der Waals surface area contributed by atoms with Gasteiger partial charge in [-0.1, -0.05) is 17.3 Å². The van der Waals surface area contributed by atoms with Crippen LogP contribution in [0.1, 0.15) is 47.1 Å². The van der Waals surface area contributed by atoms with Crippen molar-refractivity contribution in [1.82, 2.24) is 35.5 Å². The van der Waals surface area contributed by atoms with Crippen LogP contribution in [0, 0.1) is 6.92 Å². The smallest absolute Gasteiger partial charge is 0.255 e. The molecule has 1 aliphatic rings. The Morgan fingerprint density at radius 1 is 1.14 bits per heavy atom. The molecule has 0 radical (unpaired) electrons. The average Bonchev–Trinajstić information content (AvgIpc) is 3.31. The van der Waals surface area contributed by atoms with Gasteiger partial charge in [-0.15, -0.1) is 5.10 Å². The summed E-state index contributed by atoms with van der Waals surface area (Å²) >= 11 is 0. The van der Waals surface area contributed by atoms with Crippen LogP contribution in [-0.2, 0) is 24.4 Å². The highest BCUT2D eigenvalue weighted by molar-refractivity contribution is 5.99. The summed E-state index contributed by atoms with van der Waals surface area (Å²) in [6.07, 6.45) is 5.18. The first-order valence-electron chi connectivity index (χ1n) is 12.3. The molecular formula is C26H33N7O3. The third kappa shape index (κ3) is 7.11. The van der Waals surface area contributed by atoms with Gasteiger partial charge in [-0.25, -0.2) is 0 Å². The van der Waals surface area contributed by atoms with E-state index in [4.69, 9.17) is 4.74 Å². The van der Waals surface area contributed by atoms with Crippen molar-refractivity contribution in [3.8, 4) is 5.75 Å². The number of carbonyl (C=O) groups is 2. The molecule has 0 fully saturated rings. The number of ether oxygens (including phenoxy) is 1. The lowest BCUT2D eigenvalue weighted by molar-refractivity contribution is -0.122. The topological polar surface area (TPSA) is 114 Å². The summed E-state index contributed by atoms with van der Waals surface area (Å²) in [4.78, 5) is 32.2. The number of pyridine rings is 1. The van der Waals surface area contributed by atoms with Crippen LogP contribution >= 0.6 is 0 Å². The minimum Gasteiger partial charge on any atom is -0.493 e. The highest BCUT2D eigenvalue weighted by Crippen LogP contribution is 2.21. The third-order valence-corrected chi connectivity index (χ3v) is 5.95. The van der Waals surface area contributed by atoms with Gasteiger partial charge in [0.25, 0.3) is 5.91 Å². The number of carbonyl (C=O) groups excluding carboxylic acids is 2. The van der Waals surface area contributed by atoms with E-state index in [0.717, 1.165) is 29.9 Å². The predicted octanol–water partition coefficient (Wildman–Crippen LogP) is 2.09. The van der Waals surface area contributed by atoms with Gasteiger partial charge in [0.2, 0.25) is 5.91 Å². The number of amides is 2. The molecule has 3 aromatic rings. The summed E-state index contributed by atoms with van der Waals surface area (Å²) in [7, 11) is 0. The average molecular weight is 492 g/mol. The normalized spacial score (nSPS) is 18.6. The highest BCUT2D eigenvalue weighted by Gasteiger charge is 2.20. The van der Waals surface area contributed by atoms with Gasteiger partial charge >= 0.3 is 0 Å². The van der Waals surface area contributed by atoms with Crippen LogP contribution < -0.4 is 15.4 Å². The second-order valence-corrected chi connectivity index (χ2v) is 9.05. The van der Waals surface area contributed by atoms with E-state index in [1.165, 1.54) is 0 Å². The van der Waals surface area contributed by atoms with E-state index in [1.807, 2.05) is 48.1 Å². The quantitative estimate of drug-likeness (QED) is 0.564. The van der Waals surface area contributed by atoms with E-state index in [-0.39, 0.29) is 11.8 Å². The Bertz CT molecular complexity index is 1170. The van der Waals surface area contributed by atoms with Crippen molar-refractivity contribution in [3.63, 3.8) is 0 Å². The Hall–Kier alpha value is -3.79. The Kier molecular flexibility index (Phi) is 8.62. The zero-order chi connectivity index (χ0) is 25.3. The zero-order valence-corrected chi connectivity index (χ0v) is 20.8. The molecule has 0 spiro atoms. The maximum atomic E-state index is 12.9. The minimum atomic E-state index is -0.674. The number of fused-ring (bicyclic) bond motifs is 3. The first-order valence-corrected chi connectivity index (χ1v) is 12.3. The van der Waals surface area contributed by atoms with Gasteiger partial charge in [0, 0.05) is 51.5 Å². The van der Waals surface area contributed by atoms with Crippen molar-refractivity contribution in [3.05, 3.63) is 71.3 Å². The number of nitrogens with one attached hydrogen (secondary N) is 2. The molecule has 36 heavy (non-hydrogen) atoms. The molecule has 0 saturated carbocycles. The SMILES string of the molecule is Cc1ccc2c(c1)OCCCn1cc(nn1)CN(Cc1ccccn1)CCCNC(=O)[C@@H](C)NC2=O. The number of hydrogen-bond acceptors (Lipinski definition) is 7. The van der Waals surface area contributed by atoms with Gasteiger partial charge in [0.05, 0.1) is 23.6 Å². The van der Waals surface area contributed by atoms with Crippen molar-refractivity contribution < 1.29 is 14.3 Å². The maximum absolute atomic E-state index is 12.9. The van der Waals surface area contributed by atoms with Crippen molar-refractivity contribution in [2.24, 2.45) is 0 Å². The van der Waals surface area contributed by atoms with E-state index in [2.05, 4.69) is 30.8 Å². The van der Waals surface area contributed by atoms with E-state index in [0.29, 0.717) is 50.5 Å². The van der Waals surface area contributed by atoms with Crippen LogP contribution in [0.25, 0.3) is 0 Å². The number of hydrogen-bond donors (Lipinski definition) is 2. The standard InChI is InChI=1S/C26H33N7O3/c1-19-8-9-23-24(15-19)36-14-6-13-33-18-22(30-31-33)17-32(16-21-7-3-4-10-27-21)12-5-11-28-25(34)20(2)29-26(23)35/h3-4,7-10,15,18,20H,5-6,11-14,16-17H2,1-2H3,(H,28,34)(H,29,35)/t20-/m1/s1. The van der Waals surface area contributed by atoms with Gasteiger partial charge in [-0.2, -0.15) is 0 Å². The van der Waals surface area contributed by atoms with Crippen molar-refractivity contribution in [2.45, 2.75) is 52.4 Å². The monoisotopic (exact) mass is 491 g/mol. The molecule has 2 aromatic heterocycles. The number of nitrogens with zero attached hydrogens (tertiary/aromatic N) is 5. The molecule has 0 unspecified atom stereocenters. The Morgan fingerprint density at radius 3 is 2.86 bits per heavy atom. The number of aromatic nitrogens is 4. The fraction of sp³-hybridized carbons (Fsp3) is 0.423. The summed E-state index contributed by atoms with van der Waals surface area (Å²) in [5.41, 5.74) is 3.24. The first-order chi connectivity index (χ1) is 17.5. The van der Waals surface area contributed by atoms with Gasteiger partial charge in [-0.3, -0.25) is 24.2 Å². The Morgan fingerprint density at radius 2 is 2.03 bits per heavy atom. The lowest BCUT2D eigenvalue weighted by Gasteiger charge is -2.21. The third-order valence-electron chi connectivity index (χ3n) is 5.95. The number of rotatable bonds is 2. The van der Waals surface area contributed by atoms with Gasteiger partial charge in [-0.05, 0) is 50.1 Å². The van der Waals surface area contributed by atoms with Crippen molar-refractivity contribution in [2.75, 3.05) is 19.7 Å². The summed E-state index contributed by atoms with van der Waals surface area (Å²) < 4.78 is 7.78. The van der Waals surface area contributed by atoms with E-state index >= 15 is 0 Å². The Labute approximate surface area is 211 Å². The van der Waals surface area contributed by atoms with Crippen LogP contribution in [0.3, 0.4) is 0 Å². The van der Waals surface area contributed by atoms with Gasteiger partial charge in [0.1, 0.15) is 11.8 Å². The molecular weight excluding hydrogens is 458 g/mol. The molecule has 190 valence electrons. The van der Waals surface area contributed by atoms with Crippen molar-refractivity contribution >= 4 is 11.8 Å². The molecule has 10 heteroatoms. The lowest BCUT2D eigenvalue weighted by atomic mass is 10.1. The molecule has 1 aromatic carbocycles. The summed E-state index contributed by atoms with van der Waals surface area (Å²) in [6.45, 7) is 7.21. The molecule has 0 saturated heterocycles. The first kappa shape index (κ1) is 25.3. The van der Waals surface area contributed by atoms with Crippen LogP contribution in [0.2, 0.25) is 0 Å². The van der Waals surface area contributed by atoms with Crippen LogP contribution in [0.4, 0.5) is 0 Å². The number of benzene rings is 1. The minimum absolute atomic E-state index is 0.227. The Balaban J connectivity index is 1.49. The summed E-state index contributed by atoms with van der Waals surface area (Å²) in [5.74, 6) is -0.0643. The maximum Gasteiger partial charge on any atom is 0.255 e. The second kappa shape index (κ2) is 12.3. The van der Waals surface area contributed by atoms with Gasteiger partial charge < -0.3 is 15.4 Å². The molecule has 3 heterocycles. The van der Waals surface area contributed by atoms with E-state index in [1.54, 1.807) is 19.2 Å². The largest absolute Gasteiger partial charge is 0.493 e. The second-order valence-electron chi connectivity index (χ2n) is 9.05. The molecule has 4 rings (SSSR count). The van der Waals surface area contributed by atoms with Crippen molar-refractivity contribution in [1.29, 1.82) is 0 Å². The highest BCUT2D eigenvalue weighted by atomic mass is 16.5. The molecule has 1 aliphatic heterocycles. The molecule has 2 amide bonds. The zero-order valence-electron chi connectivity index (χ0n) is 20.8. The fourth-order valence-electron chi connectivity index (χ4n) is 4.04. The van der Waals surface area contributed by atoms with E-state index < -0.39 is 6.04 Å². The van der Waals surface area contributed by atoms with Crippen LogP contribution in [0.5, 0.6) is 5.75 Å². The fourth-order valence-corrected chi connectivity index (χ4v) is 4.04.